The molecule has 0 spiro atoms. The molecule has 2 aromatic carbocycles. The van der Waals surface area contributed by atoms with Crippen LogP contribution in [0.1, 0.15) is 5.56 Å². The predicted molar refractivity (Wildman–Crippen MR) is 76.3 cm³/mol. The minimum atomic E-state index is 0.832. The highest BCUT2D eigenvalue weighted by atomic mass is 14.6. The Kier molecular flexibility index (Phi) is 2.49. The molecule has 88 valence electrons. The van der Waals surface area contributed by atoms with E-state index in [0.717, 1.165) is 22.2 Å². The van der Waals surface area contributed by atoms with Gasteiger partial charge in [-0.1, -0.05) is 24.3 Å². The third-order valence-corrected chi connectivity index (χ3v) is 3.29. The molecule has 0 radical (unpaired) electrons. The van der Waals surface area contributed by atoms with E-state index in [1.165, 1.54) is 11.1 Å². The van der Waals surface area contributed by atoms with Crippen molar-refractivity contribution in [2.45, 2.75) is 6.92 Å². The predicted octanol–water partition coefficient (Wildman–Crippen LogP) is 3.79. The first kappa shape index (κ1) is 10.8. The molecule has 2 N–H and O–H groups in total. The molecule has 0 saturated heterocycles. The number of anilines is 1. The van der Waals surface area contributed by atoms with E-state index in [1.54, 1.807) is 0 Å². The van der Waals surface area contributed by atoms with E-state index in [9.17, 15) is 0 Å². The Morgan fingerprint density at radius 3 is 2.78 bits per heavy atom. The fraction of sp³-hybridized carbons (Fsp3) is 0.0625. The molecule has 0 fully saturated rings. The van der Waals surface area contributed by atoms with Crippen LogP contribution in [-0.2, 0) is 0 Å². The maximum absolute atomic E-state index is 5.96. The molecule has 1 heterocycles. The van der Waals surface area contributed by atoms with Gasteiger partial charge in [-0.2, -0.15) is 0 Å². The molecular weight excluding hydrogens is 220 g/mol. The summed E-state index contributed by atoms with van der Waals surface area (Å²) in [5, 5.41) is 1.15. The van der Waals surface area contributed by atoms with E-state index in [4.69, 9.17) is 5.73 Å². The summed E-state index contributed by atoms with van der Waals surface area (Å²) in [5.41, 5.74) is 11.3. The van der Waals surface area contributed by atoms with Crippen molar-refractivity contribution < 1.29 is 0 Å². The Labute approximate surface area is 106 Å². The SMILES string of the molecule is Cc1c(N)cccc1-c1ccc2ncccc2c1. The van der Waals surface area contributed by atoms with Gasteiger partial charge in [0.25, 0.3) is 0 Å². The van der Waals surface area contributed by atoms with Crippen LogP contribution in [0.3, 0.4) is 0 Å². The molecule has 2 nitrogen and oxygen atoms in total. The van der Waals surface area contributed by atoms with Crippen molar-refractivity contribution in [1.82, 2.24) is 4.98 Å². The quantitative estimate of drug-likeness (QED) is 0.650. The lowest BCUT2D eigenvalue weighted by atomic mass is 9.98. The summed E-state index contributed by atoms with van der Waals surface area (Å²) in [5.74, 6) is 0. The second kappa shape index (κ2) is 4.15. The minimum absolute atomic E-state index is 0.832. The van der Waals surface area contributed by atoms with Gasteiger partial charge in [0.1, 0.15) is 0 Å². The number of rotatable bonds is 1. The van der Waals surface area contributed by atoms with Gasteiger partial charge >= 0.3 is 0 Å². The first-order chi connectivity index (χ1) is 8.75. The number of nitrogens with two attached hydrogens (primary N) is 1. The summed E-state index contributed by atoms with van der Waals surface area (Å²) in [6.07, 6.45) is 1.81. The molecule has 0 unspecified atom stereocenters. The Morgan fingerprint density at radius 1 is 1.00 bits per heavy atom. The third-order valence-electron chi connectivity index (χ3n) is 3.29. The maximum Gasteiger partial charge on any atom is 0.0702 e. The van der Waals surface area contributed by atoms with Crippen molar-refractivity contribution in [2.24, 2.45) is 0 Å². The summed E-state index contributed by atoms with van der Waals surface area (Å²) in [6, 6.07) is 16.4. The van der Waals surface area contributed by atoms with Crippen molar-refractivity contribution in [3.8, 4) is 11.1 Å². The van der Waals surface area contributed by atoms with Gasteiger partial charge in [0.2, 0.25) is 0 Å². The normalized spacial score (nSPS) is 10.7. The molecule has 0 atom stereocenters. The van der Waals surface area contributed by atoms with Crippen LogP contribution in [0.4, 0.5) is 5.69 Å². The highest BCUT2D eigenvalue weighted by molar-refractivity contribution is 5.85. The molecule has 3 rings (SSSR count). The summed E-state index contributed by atoms with van der Waals surface area (Å²) >= 11 is 0. The van der Waals surface area contributed by atoms with Crippen LogP contribution in [0.15, 0.2) is 54.7 Å². The van der Waals surface area contributed by atoms with E-state index >= 15 is 0 Å². The lowest BCUT2D eigenvalue weighted by Crippen LogP contribution is -1.92. The van der Waals surface area contributed by atoms with Crippen LogP contribution in [-0.4, -0.2) is 4.98 Å². The Bertz CT molecular complexity index is 717. The Hall–Kier alpha value is -2.35. The summed E-state index contributed by atoms with van der Waals surface area (Å²) < 4.78 is 0. The van der Waals surface area contributed by atoms with Gasteiger partial charge in [-0.15, -0.1) is 0 Å². The second-order valence-corrected chi connectivity index (χ2v) is 4.43. The molecule has 0 aliphatic carbocycles. The molecule has 0 bridgehead atoms. The van der Waals surface area contributed by atoms with Crippen LogP contribution in [0, 0.1) is 6.92 Å². The van der Waals surface area contributed by atoms with Gasteiger partial charge in [0.15, 0.2) is 0 Å². The van der Waals surface area contributed by atoms with Crippen molar-refractivity contribution in [2.75, 3.05) is 5.73 Å². The Morgan fingerprint density at radius 2 is 1.89 bits per heavy atom. The number of fused-ring (bicyclic) bond motifs is 1. The fourth-order valence-corrected chi connectivity index (χ4v) is 2.21. The molecule has 0 amide bonds. The van der Waals surface area contributed by atoms with E-state index in [2.05, 4.69) is 36.2 Å². The molecule has 18 heavy (non-hydrogen) atoms. The number of nitrogen functional groups attached to an aromatic ring is 1. The smallest absolute Gasteiger partial charge is 0.0702 e. The van der Waals surface area contributed by atoms with Gasteiger partial charge in [0.05, 0.1) is 5.52 Å². The maximum atomic E-state index is 5.96. The number of hydrogen-bond acceptors (Lipinski definition) is 2. The van der Waals surface area contributed by atoms with Crippen LogP contribution in [0.5, 0.6) is 0 Å². The zero-order valence-corrected chi connectivity index (χ0v) is 10.2. The number of pyridine rings is 1. The monoisotopic (exact) mass is 234 g/mol. The van der Waals surface area contributed by atoms with Gasteiger partial charge < -0.3 is 5.73 Å². The van der Waals surface area contributed by atoms with Crippen LogP contribution in [0.2, 0.25) is 0 Å². The summed E-state index contributed by atoms with van der Waals surface area (Å²) in [7, 11) is 0. The van der Waals surface area contributed by atoms with Crippen LogP contribution >= 0.6 is 0 Å². The van der Waals surface area contributed by atoms with Crippen molar-refractivity contribution in [3.63, 3.8) is 0 Å². The number of nitrogens with zero attached hydrogens (tertiary/aromatic N) is 1. The molecule has 0 aliphatic heterocycles. The molecule has 2 heteroatoms. The highest BCUT2D eigenvalue weighted by Gasteiger charge is 2.05. The number of hydrogen-bond donors (Lipinski definition) is 1. The first-order valence-electron chi connectivity index (χ1n) is 5.96. The van der Waals surface area contributed by atoms with Gasteiger partial charge in [-0.25, -0.2) is 0 Å². The van der Waals surface area contributed by atoms with E-state index < -0.39 is 0 Å². The fourth-order valence-electron chi connectivity index (χ4n) is 2.21. The zero-order chi connectivity index (χ0) is 12.5. The average Bonchev–Trinajstić information content (AvgIpc) is 2.41. The molecule has 0 saturated carbocycles. The largest absolute Gasteiger partial charge is 0.398 e. The first-order valence-corrected chi connectivity index (χ1v) is 5.96. The summed E-state index contributed by atoms with van der Waals surface area (Å²) in [4.78, 5) is 4.33. The van der Waals surface area contributed by atoms with E-state index in [0.29, 0.717) is 0 Å². The van der Waals surface area contributed by atoms with Gasteiger partial charge in [0, 0.05) is 17.3 Å². The van der Waals surface area contributed by atoms with E-state index in [-0.39, 0.29) is 0 Å². The lowest BCUT2D eigenvalue weighted by molar-refractivity contribution is 1.41. The Balaban J connectivity index is 2.22. The van der Waals surface area contributed by atoms with Gasteiger partial charge in [-0.05, 0) is 47.9 Å². The van der Waals surface area contributed by atoms with Crippen LogP contribution < -0.4 is 5.73 Å². The van der Waals surface area contributed by atoms with Gasteiger partial charge in [-0.3, -0.25) is 4.98 Å². The molecule has 0 aliphatic rings. The zero-order valence-electron chi connectivity index (χ0n) is 10.2. The number of aromatic nitrogens is 1. The summed E-state index contributed by atoms with van der Waals surface area (Å²) in [6.45, 7) is 2.05. The number of benzene rings is 2. The molecular formula is C16H14N2. The topological polar surface area (TPSA) is 38.9 Å². The second-order valence-electron chi connectivity index (χ2n) is 4.43. The average molecular weight is 234 g/mol. The molecule has 1 aromatic heterocycles. The van der Waals surface area contributed by atoms with Crippen molar-refractivity contribution in [3.05, 3.63) is 60.3 Å². The van der Waals surface area contributed by atoms with E-state index in [1.807, 2.05) is 30.5 Å². The highest BCUT2D eigenvalue weighted by Crippen LogP contribution is 2.28. The van der Waals surface area contributed by atoms with Crippen molar-refractivity contribution >= 4 is 16.6 Å². The van der Waals surface area contributed by atoms with Crippen LogP contribution in [0.25, 0.3) is 22.0 Å². The molecule has 3 aromatic rings. The standard InChI is InChI=1S/C16H14N2/c1-11-14(5-2-6-15(11)17)12-7-8-16-13(10-12)4-3-9-18-16/h2-10H,17H2,1H3. The third kappa shape index (κ3) is 1.72. The lowest BCUT2D eigenvalue weighted by Gasteiger charge is -2.09. The minimum Gasteiger partial charge on any atom is -0.398 e. The van der Waals surface area contributed by atoms with Crippen molar-refractivity contribution in [1.29, 1.82) is 0 Å².